The molecule has 6 nitrogen and oxygen atoms in total. The van der Waals surface area contributed by atoms with Gasteiger partial charge in [0.05, 0.1) is 18.1 Å². The number of rotatable bonds is 3. The van der Waals surface area contributed by atoms with E-state index in [0.717, 1.165) is 0 Å². The standard InChI is InChI=1S/C11H20N2O4/c1-11(2,17)7-12(3)10(16)13-5-4-8(6-13)9(14)15/h8,17H,4-7H2,1-3H3,(H,14,15). The van der Waals surface area contributed by atoms with Crippen molar-refractivity contribution in [2.45, 2.75) is 25.9 Å². The Morgan fingerprint density at radius 3 is 2.47 bits per heavy atom. The van der Waals surface area contributed by atoms with Crippen molar-refractivity contribution in [1.82, 2.24) is 9.80 Å². The van der Waals surface area contributed by atoms with E-state index in [1.165, 1.54) is 9.80 Å². The van der Waals surface area contributed by atoms with Gasteiger partial charge in [0.15, 0.2) is 0 Å². The minimum absolute atomic E-state index is 0.222. The van der Waals surface area contributed by atoms with Crippen LogP contribution in [0.15, 0.2) is 0 Å². The van der Waals surface area contributed by atoms with E-state index >= 15 is 0 Å². The van der Waals surface area contributed by atoms with Gasteiger partial charge in [-0.15, -0.1) is 0 Å². The number of aliphatic hydroxyl groups is 1. The van der Waals surface area contributed by atoms with E-state index in [-0.39, 0.29) is 19.1 Å². The lowest BCUT2D eigenvalue weighted by Gasteiger charge is -2.29. The van der Waals surface area contributed by atoms with Gasteiger partial charge in [0.1, 0.15) is 0 Å². The fourth-order valence-corrected chi connectivity index (χ4v) is 2.03. The predicted molar refractivity (Wildman–Crippen MR) is 61.6 cm³/mol. The van der Waals surface area contributed by atoms with Crippen LogP contribution in [0.25, 0.3) is 0 Å². The third kappa shape index (κ3) is 3.89. The zero-order valence-electron chi connectivity index (χ0n) is 10.5. The van der Waals surface area contributed by atoms with Crippen LogP contribution < -0.4 is 0 Å². The Morgan fingerprint density at radius 2 is 2.06 bits per heavy atom. The molecule has 0 radical (unpaired) electrons. The van der Waals surface area contributed by atoms with E-state index in [0.29, 0.717) is 13.0 Å². The zero-order valence-corrected chi connectivity index (χ0v) is 10.5. The molecule has 0 aromatic carbocycles. The number of nitrogens with zero attached hydrogens (tertiary/aromatic N) is 2. The number of amides is 2. The second-order valence-corrected chi connectivity index (χ2v) is 5.22. The van der Waals surface area contributed by atoms with Crippen LogP contribution in [0.3, 0.4) is 0 Å². The van der Waals surface area contributed by atoms with Gasteiger partial charge in [-0.3, -0.25) is 4.79 Å². The summed E-state index contributed by atoms with van der Waals surface area (Å²) in [4.78, 5) is 25.7. The Labute approximate surface area is 101 Å². The summed E-state index contributed by atoms with van der Waals surface area (Å²) in [6.07, 6.45) is 0.497. The molecule has 2 amide bonds. The fraction of sp³-hybridized carbons (Fsp3) is 0.818. The highest BCUT2D eigenvalue weighted by Crippen LogP contribution is 2.18. The highest BCUT2D eigenvalue weighted by Gasteiger charge is 2.33. The van der Waals surface area contributed by atoms with Crippen LogP contribution in [0.2, 0.25) is 0 Å². The molecule has 0 aliphatic carbocycles. The van der Waals surface area contributed by atoms with Gasteiger partial charge in [0.2, 0.25) is 0 Å². The number of carbonyl (C=O) groups is 2. The lowest BCUT2D eigenvalue weighted by Crippen LogP contribution is -2.46. The van der Waals surface area contributed by atoms with Crippen molar-refractivity contribution in [3.05, 3.63) is 0 Å². The lowest BCUT2D eigenvalue weighted by molar-refractivity contribution is -0.141. The first-order valence-corrected chi connectivity index (χ1v) is 5.66. The molecule has 1 rings (SSSR count). The van der Waals surface area contributed by atoms with Crippen LogP contribution in [-0.2, 0) is 4.79 Å². The maximum Gasteiger partial charge on any atom is 0.319 e. The zero-order chi connectivity index (χ0) is 13.2. The molecular formula is C11H20N2O4. The number of hydrogen-bond acceptors (Lipinski definition) is 3. The van der Waals surface area contributed by atoms with E-state index in [2.05, 4.69) is 0 Å². The van der Waals surface area contributed by atoms with Crippen LogP contribution in [-0.4, -0.2) is 64.3 Å². The maximum atomic E-state index is 11.9. The van der Waals surface area contributed by atoms with Crippen molar-refractivity contribution >= 4 is 12.0 Å². The second-order valence-electron chi connectivity index (χ2n) is 5.22. The lowest BCUT2D eigenvalue weighted by atomic mass is 10.1. The quantitative estimate of drug-likeness (QED) is 0.744. The summed E-state index contributed by atoms with van der Waals surface area (Å²) in [6, 6.07) is -0.226. The molecule has 0 saturated carbocycles. The molecule has 0 bridgehead atoms. The average molecular weight is 244 g/mol. The number of carboxylic acid groups (broad SMARTS) is 1. The second kappa shape index (κ2) is 4.91. The number of likely N-dealkylation sites (N-methyl/N-ethyl adjacent to an activating group) is 1. The van der Waals surface area contributed by atoms with Crippen molar-refractivity contribution in [2.75, 3.05) is 26.7 Å². The Bertz CT molecular complexity index is 311. The topological polar surface area (TPSA) is 81.1 Å². The largest absolute Gasteiger partial charge is 0.481 e. The van der Waals surface area contributed by atoms with E-state index in [9.17, 15) is 14.7 Å². The van der Waals surface area contributed by atoms with Crippen LogP contribution in [0.4, 0.5) is 4.79 Å². The Hall–Kier alpha value is -1.30. The minimum Gasteiger partial charge on any atom is -0.481 e. The molecule has 17 heavy (non-hydrogen) atoms. The molecule has 1 heterocycles. The van der Waals surface area contributed by atoms with Crippen molar-refractivity contribution in [2.24, 2.45) is 5.92 Å². The first-order valence-electron chi connectivity index (χ1n) is 5.66. The van der Waals surface area contributed by atoms with Gasteiger partial charge in [-0.1, -0.05) is 0 Å². The Balaban J connectivity index is 2.52. The number of hydrogen-bond donors (Lipinski definition) is 2. The third-order valence-electron chi connectivity index (χ3n) is 2.76. The molecule has 0 spiro atoms. The Morgan fingerprint density at radius 1 is 1.47 bits per heavy atom. The molecule has 0 aromatic heterocycles. The van der Waals surface area contributed by atoms with E-state index in [1.807, 2.05) is 0 Å². The van der Waals surface area contributed by atoms with Crippen molar-refractivity contribution in [3.8, 4) is 0 Å². The van der Waals surface area contributed by atoms with Crippen molar-refractivity contribution < 1.29 is 19.8 Å². The smallest absolute Gasteiger partial charge is 0.319 e. The van der Waals surface area contributed by atoms with E-state index < -0.39 is 17.5 Å². The monoisotopic (exact) mass is 244 g/mol. The first-order chi connectivity index (χ1) is 7.70. The molecule has 98 valence electrons. The maximum absolute atomic E-state index is 11.9. The predicted octanol–water partition coefficient (Wildman–Crippen LogP) is 0.216. The van der Waals surface area contributed by atoms with Crippen LogP contribution >= 0.6 is 0 Å². The van der Waals surface area contributed by atoms with Gasteiger partial charge in [-0.05, 0) is 20.3 Å². The summed E-state index contributed by atoms with van der Waals surface area (Å²) in [7, 11) is 1.61. The van der Waals surface area contributed by atoms with Crippen LogP contribution in [0.5, 0.6) is 0 Å². The summed E-state index contributed by atoms with van der Waals surface area (Å²) in [5.74, 6) is -1.32. The number of carbonyl (C=O) groups excluding carboxylic acids is 1. The molecular weight excluding hydrogens is 224 g/mol. The van der Waals surface area contributed by atoms with Gasteiger partial charge >= 0.3 is 12.0 Å². The number of carboxylic acids is 1. The third-order valence-corrected chi connectivity index (χ3v) is 2.76. The van der Waals surface area contributed by atoms with E-state index in [4.69, 9.17) is 5.11 Å². The van der Waals surface area contributed by atoms with Gasteiger partial charge in [-0.25, -0.2) is 4.79 Å². The molecule has 6 heteroatoms. The highest BCUT2D eigenvalue weighted by atomic mass is 16.4. The summed E-state index contributed by atoms with van der Waals surface area (Å²) in [5.41, 5.74) is -0.948. The summed E-state index contributed by atoms with van der Waals surface area (Å²) in [6.45, 7) is 4.19. The van der Waals surface area contributed by atoms with Crippen molar-refractivity contribution in [1.29, 1.82) is 0 Å². The molecule has 0 aromatic rings. The summed E-state index contributed by atoms with van der Waals surface area (Å²) < 4.78 is 0. The molecule has 1 aliphatic rings. The first kappa shape index (κ1) is 13.8. The van der Waals surface area contributed by atoms with Crippen LogP contribution in [0, 0.1) is 5.92 Å². The Kier molecular flexibility index (Phi) is 3.98. The van der Waals surface area contributed by atoms with Gasteiger partial charge in [0, 0.05) is 20.1 Å². The fourth-order valence-electron chi connectivity index (χ4n) is 2.03. The van der Waals surface area contributed by atoms with Gasteiger partial charge in [0.25, 0.3) is 0 Å². The number of likely N-dealkylation sites (tertiary alicyclic amines) is 1. The van der Waals surface area contributed by atoms with Gasteiger partial charge in [-0.2, -0.15) is 0 Å². The molecule has 1 unspecified atom stereocenters. The normalized spacial score (nSPS) is 20.5. The highest BCUT2D eigenvalue weighted by molar-refractivity contribution is 5.77. The van der Waals surface area contributed by atoms with E-state index in [1.54, 1.807) is 20.9 Å². The summed E-state index contributed by atoms with van der Waals surface area (Å²) >= 11 is 0. The average Bonchev–Trinajstić information content (AvgIpc) is 2.62. The summed E-state index contributed by atoms with van der Waals surface area (Å²) in [5, 5.41) is 18.5. The molecule has 1 fully saturated rings. The van der Waals surface area contributed by atoms with Gasteiger partial charge < -0.3 is 20.0 Å². The molecule has 1 aliphatic heterocycles. The molecule has 2 N–H and O–H groups in total. The van der Waals surface area contributed by atoms with Crippen LogP contribution in [0.1, 0.15) is 20.3 Å². The number of aliphatic carboxylic acids is 1. The molecule has 1 saturated heterocycles. The minimum atomic E-state index is -0.948. The number of urea groups is 1. The SMILES string of the molecule is CN(CC(C)(C)O)C(=O)N1CCC(C(=O)O)C1. The molecule has 1 atom stereocenters. The van der Waals surface area contributed by atoms with Crippen molar-refractivity contribution in [3.63, 3.8) is 0 Å².